The molecular weight excluding hydrogens is 444 g/mol. The van der Waals surface area contributed by atoms with Crippen LogP contribution in [0, 0.1) is 0 Å². The van der Waals surface area contributed by atoms with Crippen molar-refractivity contribution in [3.8, 4) is 0 Å². The third-order valence-electron chi connectivity index (χ3n) is 6.72. The quantitative estimate of drug-likeness (QED) is 0.0834. The Morgan fingerprint density at radius 2 is 0.853 bits per heavy atom. The van der Waals surface area contributed by atoms with Crippen molar-refractivity contribution in [1.29, 1.82) is 0 Å². The van der Waals surface area contributed by atoms with Crippen molar-refractivity contribution in [3.05, 3.63) is 0 Å². The molecule has 0 aromatic rings. The van der Waals surface area contributed by atoms with Gasteiger partial charge in [-0.05, 0) is 71.0 Å². The van der Waals surface area contributed by atoms with Crippen LogP contribution in [0.5, 0.6) is 0 Å². The van der Waals surface area contributed by atoms with E-state index in [1.54, 1.807) is 0 Å². The zero-order chi connectivity index (χ0) is 26.1. The number of nitrogens with zero attached hydrogens (tertiary/aromatic N) is 2. The third-order valence-corrected chi connectivity index (χ3v) is 7.51. The molecule has 0 bridgehead atoms. The number of rotatable bonds is 23. The zero-order valence-corrected chi connectivity index (χ0v) is 24.9. The summed E-state index contributed by atoms with van der Waals surface area (Å²) in [6.45, 7) is 22.4. The Balaban J connectivity index is 0. The van der Waals surface area contributed by atoms with Crippen molar-refractivity contribution in [2.75, 3.05) is 51.6 Å². The molecule has 34 heavy (non-hydrogen) atoms. The molecule has 0 saturated carbocycles. The van der Waals surface area contributed by atoms with Crippen LogP contribution in [0.3, 0.4) is 0 Å². The molecule has 0 aromatic heterocycles. The van der Waals surface area contributed by atoms with Crippen LogP contribution >= 0.6 is 0 Å². The van der Waals surface area contributed by atoms with Crippen LogP contribution in [-0.4, -0.2) is 73.9 Å². The van der Waals surface area contributed by atoms with E-state index in [0.29, 0.717) is 6.42 Å². The summed E-state index contributed by atoms with van der Waals surface area (Å²) in [5.41, 5.74) is 0. The predicted octanol–water partition coefficient (Wildman–Crippen LogP) is 7.22. The van der Waals surface area contributed by atoms with Crippen molar-refractivity contribution in [3.63, 3.8) is 0 Å². The SMILES string of the molecule is CCCCN(CCCC)CCCCS(=O)(=O)[O-].CCCC[N+](CCCC)(CCCC)CCCC. The molecule has 0 aliphatic rings. The molecule has 0 unspecified atom stereocenters. The predicted molar refractivity (Wildman–Crippen MR) is 149 cm³/mol. The number of quaternary nitrogens is 1. The lowest BCUT2D eigenvalue weighted by Crippen LogP contribution is -2.50. The Labute approximate surface area is 215 Å². The van der Waals surface area contributed by atoms with Crippen LogP contribution in [-0.2, 0) is 10.1 Å². The summed E-state index contributed by atoms with van der Waals surface area (Å²) in [4.78, 5) is 2.38. The van der Waals surface area contributed by atoms with E-state index >= 15 is 0 Å². The highest BCUT2D eigenvalue weighted by Gasteiger charge is 2.24. The van der Waals surface area contributed by atoms with Gasteiger partial charge in [0.1, 0.15) is 0 Å². The van der Waals surface area contributed by atoms with Gasteiger partial charge in [0.05, 0.1) is 36.3 Å². The Bertz CT molecular complexity index is 466. The summed E-state index contributed by atoms with van der Waals surface area (Å²) < 4.78 is 32.8. The fourth-order valence-corrected chi connectivity index (χ4v) is 4.92. The maximum absolute atomic E-state index is 10.5. The van der Waals surface area contributed by atoms with Gasteiger partial charge in [-0.1, -0.05) is 80.1 Å². The molecule has 0 aliphatic carbocycles. The smallest absolute Gasteiger partial charge is 0.0945 e. The second-order valence-electron chi connectivity index (χ2n) is 10.2. The standard InChI is InChI=1S/C16H36N.C12H27NO3S/c1-5-9-13-17(14-10-6-2,15-11-7-3)16-12-8-4;1-3-5-9-13(10-6-4-2)11-7-8-12-17(14,15)16/h5-16H2,1-4H3;3-12H2,1-2H3,(H,14,15,16)/q+1;/p-1. The average Bonchev–Trinajstić information content (AvgIpc) is 2.81. The lowest BCUT2D eigenvalue weighted by atomic mass is 10.1. The van der Waals surface area contributed by atoms with Gasteiger partial charge < -0.3 is 13.9 Å². The Kier molecular flexibility index (Phi) is 26.0. The summed E-state index contributed by atoms with van der Waals surface area (Å²) in [6, 6.07) is 0. The molecular formula is C28H62N2O3S. The molecule has 0 spiro atoms. The maximum Gasteiger partial charge on any atom is 0.0945 e. The number of hydrogen-bond donors (Lipinski definition) is 0. The fraction of sp³-hybridized carbons (Fsp3) is 1.00. The number of unbranched alkanes of at least 4 members (excludes halogenated alkanes) is 7. The number of hydrogen-bond acceptors (Lipinski definition) is 4. The largest absolute Gasteiger partial charge is 0.748 e. The highest BCUT2D eigenvalue weighted by Crippen LogP contribution is 2.16. The molecule has 0 saturated heterocycles. The second kappa shape index (κ2) is 24.5. The lowest BCUT2D eigenvalue weighted by molar-refractivity contribution is -0.929. The molecule has 0 amide bonds. The third kappa shape index (κ3) is 23.6. The Morgan fingerprint density at radius 1 is 0.529 bits per heavy atom. The Morgan fingerprint density at radius 3 is 1.15 bits per heavy atom. The van der Waals surface area contributed by atoms with Crippen LogP contribution in [0.2, 0.25) is 0 Å². The summed E-state index contributed by atoms with van der Waals surface area (Å²) in [7, 11) is -4.02. The van der Waals surface area contributed by atoms with Gasteiger partial charge in [0.25, 0.3) is 0 Å². The second-order valence-corrected chi connectivity index (χ2v) is 11.7. The van der Waals surface area contributed by atoms with Crippen molar-refractivity contribution in [1.82, 2.24) is 4.90 Å². The molecule has 0 atom stereocenters. The highest BCUT2D eigenvalue weighted by molar-refractivity contribution is 7.85. The van der Waals surface area contributed by atoms with Crippen LogP contribution in [0.4, 0.5) is 0 Å². The van der Waals surface area contributed by atoms with Crippen LogP contribution in [0.15, 0.2) is 0 Å². The monoisotopic (exact) mass is 506 g/mol. The van der Waals surface area contributed by atoms with E-state index in [0.717, 1.165) is 26.1 Å². The van der Waals surface area contributed by atoms with Gasteiger partial charge in [0.2, 0.25) is 0 Å². The first-order valence-electron chi connectivity index (χ1n) is 14.7. The molecule has 0 radical (unpaired) electrons. The van der Waals surface area contributed by atoms with E-state index < -0.39 is 10.1 Å². The van der Waals surface area contributed by atoms with Gasteiger partial charge in [-0.2, -0.15) is 0 Å². The fourth-order valence-electron chi connectivity index (χ4n) is 4.36. The van der Waals surface area contributed by atoms with E-state index in [-0.39, 0.29) is 5.75 Å². The van der Waals surface area contributed by atoms with Crippen molar-refractivity contribution >= 4 is 10.1 Å². The first-order valence-corrected chi connectivity index (χ1v) is 16.3. The molecule has 0 fully saturated rings. The topological polar surface area (TPSA) is 60.4 Å². The normalized spacial score (nSPS) is 12.1. The molecule has 0 N–H and O–H groups in total. The first-order chi connectivity index (χ1) is 16.2. The minimum atomic E-state index is -4.02. The summed E-state index contributed by atoms with van der Waals surface area (Å²) in [6.07, 6.45) is 17.1. The van der Waals surface area contributed by atoms with Crippen molar-refractivity contribution in [2.45, 2.75) is 131 Å². The highest BCUT2D eigenvalue weighted by atomic mass is 32.2. The van der Waals surface area contributed by atoms with Gasteiger partial charge in [-0.3, -0.25) is 0 Å². The van der Waals surface area contributed by atoms with E-state index in [9.17, 15) is 13.0 Å². The van der Waals surface area contributed by atoms with Crippen molar-refractivity contribution in [2.24, 2.45) is 0 Å². The minimum absolute atomic E-state index is 0.220. The minimum Gasteiger partial charge on any atom is -0.748 e. The van der Waals surface area contributed by atoms with Crippen LogP contribution in [0.1, 0.15) is 131 Å². The van der Waals surface area contributed by atoms with Gasteiger partial charge in [-0.25, -0.2) is 8.42 Å². The average molecular weight is 507 g/mol. The maximum atomic E-state index is 10.5. The zero-order valence-electron chi connectivity index (χ0n) is 24.1. The van der Waals surface area contributed by atoms with E-state index in [2.05, 4.69) is 46.4 Å². The van der Waals surface area contributed by atoms with Crippen LogP contribution in [0.25, 0.3) is 0 Å². The van der Waals surface area contributed by atoms with Gasteiger partial charge >= 0.3 is 0 Å². The van der Waals surface area contributed by atoms with E-state index in [4.69, 9.17) is 0 Å². The van der Waals surface area contributed by atoms with Gasteiger partial charge in [0, 0.05) is 5.75 Å². The molecule has 6 heteroatoms. The van der Waals surface area contributed by atoms with Gasteiger partial charge in [0.15, 0.2) is 0 Å². The van der Waals surface area contributed by atoms with Gasteiger partial charge in [-0.15, -0.1) is 0 Å². The molecule has 0 aromatic carbocycles. The molecule has 5 nitrogen and oxygen atoms in total. The van der Waals surface area contributed by atoms with Crippen LogP contribution < -0.4 is 0 Å². The molecule has 0 rings (SSSR count). The van der Waals surface area contributed by atoms with E-state index in [1.807, 2.05) is 0 Å². The Hall–Kier alpha value is -0.170. The summed E-state index contributed by atoms with van der Waals surface area (Å²) >= 11 is 0. The summed E-state index contributed by atoms with van der Waals surface area (Å²) in [5.74, 6) is -0.220. The first kappa shape index (κ1) is 36.0. The van der Waals surface area contributed by atoms with E-state index in [1.165, 1.54) is 108 Å². The molecule has 208 valence electrons. The van der Waals surface area contributed by atoms with Crippen molar-refractivity contribution < 1.29 is 17.5 Å². The molecule has 0 aliphatic heterocycles. The lowest BCUT2D eigenvalue weighted by Gasteiger charge is -2.39. The molecule has 0 heterocycles. The summed E-state index contributed by atoms with van der Waals surface area (Å²) in [5, 5.41) is 0.